The van der Waals surface area contributed by atoms with E-state index in [4.69, 9.17) is 14.2 Å². The third kappa shape index (κ3) is 4.04. The van der Waals surface area contributed by atoms with Crippen molar-refractivity contribution in [2.75, 3.05) is 30.0 Å². The summed E-state index contributed by atoms with van der Waals surface area (Å²) in [6.45, 7) is 1.42. The van der Waals surface area contributed by atoms with Crippen molar-refractivity contribution >= 4 is 23.2 Å². The van der Waals surface area contributed by atoms with Gasteiger partial charge in [-0.15, -0.1) is 0 Å². The second-order valence-corrected chi connectivity index (χ2v) is 7.32. The van der Waals surface area contributed by atoms with Crippen molar-refractivity contribution in [3.05, 3.63) is 61.1 Å². The molecule has 3 heterocycles. The molecule has 1 unspecified atom stereocenters. The summed E-state index contributed by atoms with van der Waals surface area (Å²) in [5.41, 5.74) is 1.22. The summed E-state index contributed by atoms with van der Waals surface area (Å²) < 4.78 is 16.8. The third-order valence-corrected chi connectivity index (χ3v) is 5.22. The van der Waals surface area contributed by atoms with Crippen molar-refractivity contribution in [3.8, 4) is 23.1 Å². The van der Waals surface area contributed by atoms with E-state index in [-0.39, 0.29) is 11.8 Å². The zero-order valence-corrected chi connectivity index (χ0v) is 17.1. The lowest BCUT2D eigenvalue weighted by Gasteiger charge is -2.22. The summed E-state index contributed by atoms with van der Waals surface area (Å²) in [4.78, 5) is 35.4. The standard InChI is InChI=1S/C23H20N4O5/c28-22(26-15-2-1-3-17(12-15)32-21-14-24-7-8-25-21)18-6-9-27(23(18)29)16-4-5-19-20(13-16)31-11-10-30-19/h1-5,7-8,12-14,18H,6,9-11H2,(H,26,28). The zero-order valence-electron chi connectivity index (χ0n) is 17.1. The molecule has 5 rings (SSSR count). The summed E-state index contributed by atoms with van der Waals surface area (Å²) in [6, 6.07) is 12.3. The highest BCUT2D eigenvalue weighted by Gasteiger charge is 2.38. The molecule has 0 spiro atoms. The van der Waals surface area contributed by atoms with Gasteiger partial charge in [-0.05, 0) is 30.7 Å². The topological polar surface area (TPSA) is 103 Å². The zero-order chi connectivity index (χ0) is 21.9. The number of ether oxygens (including phenoxy) is 3. The van der Waals surface area contributed by atoms with E-state index < -0.39 is 5.92 Å². The van der Waals surface area contributed by atoms with Gasteiger partial charge in [-0.1, -0.05) is 6.07 Å². The number of nitrogens with one attached hydrogen (secondary N) is 1. The largest absolute Gasteiger partial charge is 0.486 e. The molecule has 3 aromatic rings. The predicted molar refractivity (Wildman–Crippen MR) is 115 cm³/mol. The molecular weight excluding hydrogens is 412 g/mol. The molecule has 2 amide bonds. The first-order chi connectivity index (χ1) is 15.7. The van der Waals surface area contributed by atoms with Crippen molar-refractivity contribution < 1.29 is 23.8 Å². The van der Waals surface area contributed by atoms with Gasteiger partial charge in [-0.25, -0.2) is 4.98 Å². The smallest absolute Gasteiger partial charge is 0.239 e. The van der Waals surface area contributed by atoms with E-state index in [0.717, 1.165) is 0 Å². The summed E-state index contributed by atoms with van der Waals surface area (Å²) in [6.07, 6.45) is 5.00. The fourth-order valence-corrected chi connectivity index (χ4v) is 3.71. The highest BCUT2D eigenvalue weighted by atomic mass is 16.6. The Morgan fingerprint density at radius 1 is 1.09 bits per heavy atom. The number of fused-ring (bicyclic) bond motifs is 1. The molecule has 0 radical (unpaired) electrons. The number of nitrogens with zero attached hydrogens (tertiary/aromatic N) is 3. The van der Waals surface area contributed by atoms with Crippen LogP contribution in [0.15, 0.2) is 61.1 Å². The minimum Gasteiger partial charge on any atom is -0.486 e. The molecule has 2 aliphatic rings. The van der Waals surface area contributed by atoms with Gasteiger partial charge < -0.3 is 24.4 Å². The van der Waals surface area contributed by atoms with E-state index in [1.807, 2.05) is 0 Å². The van der Waals surface area contributed by atoms with Crippen LogP contribution in [0.3, 0.4) is 0 Å². The fourth-order valence-electron chi connectivity index (χ4n) is 3.71. The number of benzene rings is 2. The summed E-state index contributed by atoms with van der Waals surface area (Å²) in [5, 5.41) is 2.82. The third-order valence-electron chi connectivity index (χ3n) is 5.22. The summed E-state index contributed by atoms with van der Waals surface area (Å²) in [7, 11) is 0. The molecule has 0 aliphatic carbocycles. The molecule has 2 aromatic carbocycles. The lowest BCUT2D eigenvalue weighted by molar-refractivity contribution is -0.129. The molecule has 1 saturated heterocycles. The van der Waals surface area contributed by atoms with Crippen LogP contribution >= 0.6 is 0 Å². The van der Waals surface area contributed by atoms with Crippen molar-refractivity contribution in [2.45, 2.75) is 6.42 Å². The van der Waals surface area contributed by atoms with E-state index in [0.29, 0.717) is 60.7 Å². The second-order valence-electron chi connectivity index (χ2n) is 7.32. The first kappa shape index (κ1) is 19.8. The maximum atomic E-state index is 13.0. The van der Waals surface area contributed by atoms with E-state index in [2.05, 4.69) is 15.3 Å². The van der Waals surface area contributed by atoms with Gasteiger partial charge >= 0.3 is 0 Å². The number of hydrogen-bond donors (Lipinski definition) is 1. The number of anilines is 2. The van der Waals surface area contributed by atoms with E-state index >= 15 is 0 Å². The van der Waals surface area contributed by atoms with Crippen molar-refractivity contribution in [3.63, 3.8) is 0 Å². The van der Waals surface area contributed by atoms with E-state index in [1.54, 1.807) is 53.6 Å². The minimum atomic E-state index is -0.771. The van der Waals surface area contributed by atoms with Gasteiger partial charge in [-0.3, -0.25) is 14.6 Å². The van der Waals surface area contributed by atoms with Crippen molar-refractivity contribution in [1.82, 2.24) is 9.97 Å². The van der Waals surface area contributed by atoms with Gasteiger partial charge in [0.1, 0.15) is 24.9 Å². The average molecular weight is 432 g/mol. The Bertz CT molecular complexity index is 1150. The Kier molecular flexibility index (Phi) is 5.29. The van der Waals surface area contributed by atoms with Crippen LogP contribution in [0.2, 0.25) is 0 Å². The Morgan fingerprint density at radius 3 is 2.81 bits per heavy atom. The van der Waals surface area contributed by atoms with E-state index in [9.17, 15) is 9.59 Å². The van der Waals surface area contributed by atoms with Crippen LogP contribution in [0, 0.1) is 5.92 Å². The monoisotopic (exact) mass is 432 g/mol. The highest BCUT2D eigenvalue weighted by molar-refractivity contribution is 6.13. The molecule has 1 N–H and O–H groups in total. The number of hydrogen-bond acceptors (Lipinski definition) is 7. The maximum absolute atomic E-state index is 13.0. The SMILES string of the molecule is O=C(Nc1cccc(Oc2cnccn2)c1)C1CCN(c2ccc3c(c2)OCCO3)C1=O. The van der Waals surface area contributed by atoms with E-state index in [1.165, 1.54) is 12.4 Å². The maximum Gasteiger partial charge on any atom is 0.239 e. The molecule has 162 valence electrons. The number of aromatic nitrogens is 2. The van der Waals surface area contributed by atoms with Gasteiger partial charge in [0, 0.05) is 42.4 Å². The normalized spacial score (nSPS) is 17.2. The van der Waals surface area contributed by atoms with Gasteiger partial charge in [-0.2, -0.15) is 0 Å². The van der Waals surface area contributed by atoms with Crippen LogP contribution in [0.1, 0.15) is 6.42 Å². The molecule has 2 aliphatic heterocycles. The molecule has 9 heteroatoms. The minimum absolute atomic E-state index is 0.244. The van der Waals surface area contributed by atoms with Crippen LogP contribution in [0.25, 0.3) is 0 Å². The molecule has 1 aromatic heterocycles. The molecule has 32 heavy (non-hydrogen) atoms. The Balaban J connectivity index is 1.26. The van der Waals surface area contributed by atoms with Gasteiger partial charge in [0.2, 0.25) is 17.7 Å². The molecule has 9 nitrogen and oxygen atoms in total. The quantitative estimate of drug-likeness (QED) is 0.618. The average Bonchev–Trinajstić information content (AvgIpc) is 3.21. The van der Waals surface area contributed by atoms with Crippen LogP contribution in [-0.2, 0) is 9.59 Å². The lowest BCUT2D eigenvalue weighted by Crippen LogP contribution is -2.33. The molecule has 1 atom stereocenters. The first-order valence-corrected chi connectivity index (χ1v) is 10.2. The Labute approximate surface area is 184 Å². The number of carbonyl (C=O) groups excluding carboxylic acids is 2. The van der Waals surface area contributed by atoms with Crippen molar-refractivity contribution in [2.24, 2.45) is 5.92 Å². The molecular formula is C23H20N4O5. The lowest BCUT2D eigenvalue weighted by atomic mass is 10.1. The summed E-state index contributed by atoms with van der Waals surface area (Å²) in [5.74, 6) is 0.737. The van der Waals surface area contributed by atoms with Crippen LogP contribution < -0.4 is 24.4 Å². The predicted octanol–water partition coefficient (Wildman–Crippen LogP) is 3.03. The highest BCUT2D eigenvalue weighted by Crippen LogP contribution is 2.36. The van der Waals surface area contributed by atoms with Gasteiger partial charge in [0.05, 0.1) is 6.20 Å². The van der Waals surface area contributed by atoms with Gasteiger partial charge in [0.15, 0.2) is 11.5 Å². The second kappa shape index (κ2) is 8.54. The van der Waals surface area contributed by atoms with Crippen molar-refractivity contribution in [1.29, 1.82) is 0 Å². The van der Waals surface area contributed by atoms with Crippen LogP contribution in [-0.4, -0.2) is 41.5 Å². The number of amides is 2. The fraction of sp³-hybridized carbons (Fsp3) is 0.217. The molecule has 0 bridgehead atoms. The van der Waals surface area contributed by atoms with Gasteiger partial charge in [0.25, 0.3) is 0 Å². The number of rotatable bonds is 5. The van der Waals surface area contributed by atoms with Crippen LogP contribution in [0.4, 0.5) is 11.4 Å². The van der Waals surface area contributed by atoms with Crippen LogP contribution in [0.5, 0.6) is 23.1 Å². The first-order valence-electron chi connectivity index (χ1n) is 10.2. The summed E-state index contributed by atoms with van der Waals surface area (Å²) >= 11 is 0. The Hall–Kier alpha value is -4.14. The molecule has 0 saturated carbocycles. The number of carbonyl (C=O) groups is 2. The Morgan fingerprint density at radius 2 is 1.97 bits per heavy atom. The molecule has 1 fully saturated rings.